The Hall–Kier alpha value is -2.80. The van der Waals surface area contributed by atoms with Crippen LogP contribution >= 0.6 is 11.6 Å². The van der Waals surface area contributed by atoms with E-state index >= 15 is 0 Å². The number of carbonyl (C=O) groups is 1. The van der Waals surface area contributed by atoms with E-state index in [4.69, 9.17) is 22.1 Å². The molecule has 7 nitrogen and oxygen atoms in total. The number of halogens is 1. The fraction of sp³-hybridized carbons (Fsp3) is 0.0714. The number of rotatable bonds is 3. The second-order valence-electron chi connectivity index (χ2n) is 4.53. The van der Waals surface area contributed by atoms with Gasteiger partial charge in [0.15, 0.2) is 5.65 Å². The number of carboxylic acid groups (broad SMARTS) is 1. The number of nitrogen functional groups attached to an aromatic ring is 1. The van der Waals surface area contributed by atoms with Crippen molar-refractivity contribution < 1.29 is 14.6 Å². The van der Waals surface area contributed by atoms with E-state index in [0.29, 0.717) is 27.5 Å². The van der Waals surface area contributed by atoms with Crippen molar-refractivity contribution in [2.45, 2.75) is 0 Å². The first-order valence-electron chi connectivity index (χ1n) is 6.22. The quantitative estimate of drug-likeness (QED) is 0.768. The van der Waals surface area contributed by atoms with Gasteiger partial charge in [-0.15, -0.1) is 5.10 Å². The molecule has 0 spiro atoms. The minimum absolute atomic E-state index is 0.0706. The second kappa shape index (κ2) is 5.19. The fourth-order valence-electron chi connectivity index (χ4n) is 2.19. The van der Waals surface area contributed by atoms with Crippen LogP contribution in [-0.2, 0) is 0 Å². The minimum Gasteiger partial charge on any atom is -0.495 e. The van der Waals surface area contributed by atoms with E-state index in [1.807, 2.05) is 0 Å². The van der Waals surface area contributed by atoms with Crippen molar-refractivity contribution in [3.8, 4) is 16.9 Å². The molecular formula is C14H11ClN4O3. The van der Waals surface area contributed by atoms with Crippen LogP contribution < -0.4 is 10.5 Å². The Bertz CT molecular complexity index is 891. The molecule has 0 saturated heterocycles. The smallest absolute Gasteiger partial charge is 0.336 e. The van der Waals surface area contributed by atoms with E-state index in [-0.39, 0.29) is 11.5 Å². The number of hydrogen-bond donors (Lipinski definition) is 2. The SMILES string of the molecule is COc1ccc(-c2cn3nc(N)nc3cc2C(=O)O)cc1Cl. The zero-order chi connectivity index (χ0) is 15.9. The third kappa shape index (κ3) is 2.31. The number of hydrogen-bond acceptors (Lipinski definition) is 5. The molecule has 8 heteroatoms. The number of pyridine rings is 1. The van der Waals surface area contributed by atoms with Gasteiger partial charge in [-0.3, -0.25) is 0 Å². The van der Waals surface area contributed by atoms with Crippen LogP contribution in [0.25, 0.3) is 16.8 Å². The molecule has 0 fully saturated rings. The molecule has 0 atom stereocenters. The van der Waals surface area contributed by atoms with Gasteiger partial charge in [-0.05, 0) is 23.8 Å². The predicted octanol–water partition coefficient (Wildman–Crippen LogP) is 2.34. The molecule has 22 heavy (non-hydrogen) atoms. The van der Waals surface area contributed by atoms with Crippen LogP contribution in [0.5, 0.6) is 5.75 Å². The van der Waals surface area contributed by atoms with E-state index in [2.05, 4.69) is 10.1 Å². The van der Waals surface area contributed by atoms with Crippen LogP contribution in [0.1, 0.15) is 10.4 Å². The lowest BCUT2D eigenvalue weighted by molar-refractivity contribution is 0.0697. The number of benzene rings is 1. The highest BCUT2D eigenvalue weighted by molar-refractivity contribution is 6.32. The lowest BCUT2D eigenvalue weighted by Gasteiger charge is -2.09. The first-order valence-corrected chi connectivity index (χ1v) is 6.60. The summed E-state index contributed by atoms with van der Waals surface area (Å²) in [4.78, 5) is 15.5. The first kappa shape index (κ1) is 14.2. The molecule has 3 aromatic rings. The summed E-state index contributed by atoms with van der Waals surface area (Å²) in [6, 6.07) is 6.44. The molecule has 0 amide bonds. The van der Waals surface area contributed by atoms with Gasteiger partial charge < -0.3 is 15.6 Å². The van der Waals surface area contributed by atoms with Crippen LogP contribution in [0.4, 0.5) is 5.95 Å². The number of nitrogens with zero attached hydrogens (tertiary/aromatic N) is 3. The fourth-order valence-corrected chi connectivity index (χ4v) is 2.44. The van der Waals surface area contributed by atoms with Crippen LogP contribution in [-0.4, -0.2) is 32.8 Å². The Balaban J connectivity index is 2.25. The van der Waals surface area contributed by atoms with Crippen LogP contribution in [0.2, 0.25) is 5.02 Å². The highest BCUT2D eigenvalue weighted by Gasteiger charge is 2.16. The highest BCUT2D eigenvalue weighted by atomic mass is 35.5. The normalized spacial score (nSPS) is 10.8. The zero-order valence-electron chi connectivity index (χ0n) is 11.4. The molecule has 0 radical (unpaired) electrons. The largest absolute Gasteiger partial charge is 0.495 e. The van der Waals surface area contributed by atoms with Gasteiger partial charge in [0.25, 0.3) is 0 Å². The third-order valence-electron chi connectivity index (χ3n) is 3.18. The van der Waals surface area contributed by atoms with Crippen LogP contribution in [0, 0.1) is 0 Å². The Morgan fingerprint density at radius 2 is 2.18 bits per heavy atom. The molecule has 3 rings (SSSR count). The summed E-state index contributed by atoms with van der Waals surface area (Å²) in [7, 11) is 1.51. The van der Waals surface area contributed by atoms with E-state index in [1.54, 1.807) is 24.4 Å². The average Bonchev–Trinajstić information content (AvgIpc) is 2.84. The van der Waals surface area contributed by atoms with Crippen molar-refractivity contribution in [3.63, 3.8) is 0 Å². The molecule has 1 aromatic carbocycles. The standard InChI is InChI=1S/C14H11ClN4O3/c1-22-11-3-2-7(4-10(11)15)9-6-19-12(17-14(16)18-19)5-8(9)13(20)21/h2-6H,1H3,(H2,16,18)(H,20,21). The van der Waals surface area contributed by atoms with Gasteiger partial charge in [0, 0.05) is 11.8 Å². The van der Waals surface area contributed by atoms with E-state index in [0.717, 1.165) is 0 Å². The lowest BCUT2D eigenvalue weighted by Crippen LogP contribution is -2.03. The molecule has 2 heterocycles. The summed E-state index contributed by atoms with van der Waals surface area (Å²) in [6.07, 6.45) is 1.56. The zero-order valence-corrected chi connectivity index (χ0v) is 12.2. The monoisotopic (exact) mass is 318 g/mol. The lowest BCUT2D eigenvalue weighted by atomic mass is 10.0. The maximum Gasteiger partial charge on any atom is 0.336 e. The maximum absolute atomic E-state index is 11.5. The number of anilines is 1. The summed E-state index contributed by atoms with van der Waals surface area (Å²) >= 11 is 6.11. The van der Waals surface area contributed by atoms with Crippen molar-refractivity contribution in [1.82, 2.24) is 14.6 Å². The van der Waals surface area contributed by atoms with E-state index in [1.165, 1.54) is 17.7 Å². The number of aromatic nitrogens is 3. The predicted molar refractivity (Wildman–Crippen MR) is 81.4 cm³/mol. The maximum atomic E-state index is 11.5. The van der Waals surface area contributed by atoms with Gasteiger partial charge in [-0.1, -0.05) is 17.7 Å². The molecule has 0 aliphatic carbocycles. The van der Waals surface area contributed by atoms with Crippen molar-refractivity contribution in [3.05, 3.63) is 41.0 Å². The molecular weight excluding hydrogens is 308 g/mol. The highest BCUT2D eigenvalue weighted by Crippen LogP contribution is 2.32. The van der Waals surface area contributed by atoms with E-state index in [9.17, 15) is 9.90 Å². The summed E-state index contributed by atoms with van der Waals surface area (Å²) in [6.45, 7) is 0. The number of methoxy groups -OCH3 is 1. The van der Waals surface area contributed by atoms with Crippen molar-refractivity contribution in [2.24, 2.45) is 0 Å². The summed E-state index contributed by atoms with van der Waals surface area (Å²) in [5.74, 6) is -0.499. The molecule has 0 saturated carbocycles. The molecule has 0 bridgehead atoms. The molecule has 0 aliphatic rings. The van der Waals surface area contributed by atoms with Crippen LogP contribution in [0.15, 0.2) is 30.5 Å². The summed E-state index contributed by atoms with van der Waals surface area (Å²) in [5, 5.41) is 13.8. The van der Waals surface area contributed by atoms with Gasteiger partial charge in [0.2, 0.25) is 5.95 Å². The Kier molecular flexibility index (Phi) is 3.34. The molecule has 3 N–H and O–H groups in total. The molecule has 112 valence electrons. The summed E-state index contributed by atoms with van der Waals surface area (Å²) < 4.78 is 6.52. The Morgan fingerprint density at radius 1 is 1.41 bits per heavy atom. The molecule has 0 unspecified atom stereocenters. The Labute approximate surface area is 129 Å². The summed E-state index contributed by atoms with van der Waals surface area (Å²) in [5.41, 5.74) is 7.06. The van der Waals surface area contributed by atoms with Crippen molar-refractivity contribution in [2.75, 3.05) is 12.8 Å². The van der Waals surface area contributed by atoms with Crippen molar-refractivity contribution in [1.29, 1.82) is 0 Å². The Morgan fingerprint density at radius 3 is 2.82 bits per heavy atom. The van der Waals surface area contributed by atoms with Gasteiger partial charge in [-0.2, -0.15) is 4.98 Å². The molecule has 0 aliphatic heterocycles. The van der Waals surface area contributed by atoms with Gasteiger partial charge in [0.1, 0.15) is 5.75 Å². The average molecular weight is 319 g/mol. The van der Waals surface area contributed by atoms with Crippen molar-refractivity contribution >= 4 is 29.2 Å². The van der Waals surface area contributed by atoms with Gasteiger partial charge in [-0.25, -0.2) is 9.31 Å². The topological polar surface area (TPSA) is 103 Å². The minimum atomic E-state index is -1.08. The second-order valence-corrected chi connectivity index (χ2v) is 4.94. The number of aromatic carboxylic acids is 1. The number of carboxylic acids is 1. The first-order chi connectivity index (χ1) is 10.5. The van der Waals surface area contributed by atoms with Crippen LogP contribution in [0.3, 0.4) is 0 Å². The van der Waals surface area contributed by atoms with E-state index < -0.39 is 5.97 Å². The van der Waals surface area contributed by atoms with Gasteiger partial charge in [0.05, 0.1) is 17.7 Å². The third-order valence-corrected chi connectivity index (χ3v) is 3.48. The molecule has 2 aromatic heterocycles. The number of ether oxygens (including phenoxy) is 1. The number of nitrogens with two attached hydrogens (primary N) is 1. The van der Waals surface area contributed by atoms with Gasteiger partial charge >= 0.3 is 5.97 Å². The number of fused-ring (bicyclic) bond motifs is 1.